The summed E-state index contributed by atoms with van der Waals surface area (Å²) in [6, 6.07) is 2.78. The van der Waals surface area contributed by atoms with E-state index in [1.165, 1.54) is 18.3 Å². The second-order valence-corrected chi connectivity index (χ2v) is 4.27. The van der Waals surface area contributed by atoms with Crippen LogP contribution in [-0.4, -0.2) is 14.5 Å². The van der Waals surface area contributed by atoms with Crippen LogP contribution in [0, 0.1) is 10.1 Å². The van der Waals surface area contributed by atoms with E-state index in [9.17, 15) is 10.1 Å². The quantitative estimate of drug-likeness (QED) is 0.635. The van der Waals surface area contributed by atoms with Gasteiger partial charge >= 0.3 is 5.82 Å². The summed E-state index contributed by atoms with van der Waals surface area (Å²) in [4.78, 5) is 17.6. The Balaban J connectivity index is 2.12. The van der Waals surface area contributed by atoms with Crippen LogP contribution in [0.15, 0.2) is 47.4 Å². The highest BCUT2D eigenvalue weighted by molar-refractivity contribution is 9.18. The van der Waals surface area contributed by atoms with Crippen molar-refractivity contribution in [2.45, 2.75) is 6.42 Å². The molecule has 92 valence electrons. The molecule has 0 aromatic carbocycles. The molecule has 0 bridgehead atoms. The Morgan fingerprint density at radius 1 is 1.44 bits per heavy atom. The van der Waals surface area contributed by atoms with Gasteiger partial charge < -0.3 is 14.9 Å². The van der Waals surface area contributed by atoms with Crippen LogP contribution in [0.5, 0.6) is 5.75 Å². The second-order valence-electron chi connectivity index (χ2n) is 3.35. The number of pyridine rings is 1. The molecule has 2 heterocycles. The van der Waals surface area contributed by atoms with Crippen molar-refractivity contribution in [3.8, 4) is 5.75 Å². The minimum absolute atomic E-state index is 0.214. The zero-order valence-electron chi connectivity index (χ0n) is 9.12. The Morgan fingerprint density at radius 3 is 2.94 bits per heavy atom. The summed E-state index contributed by atoms with van der Waals surface area (Å²) >= 11 is 3.29. The highest BCUT2D eigenvalue weighted by Crippen LogP contribution is 2.18. The van der Waals surface area contributed by atoms with Crippen LogP contribution < -0.4 is 4.74 Å². The zero-order valence-corrected chi connectivity index (χ0v) is 10.7. The number of ether oxygens (including phenoxy) is 1. The number of hydrogen-bond acceptors (Lipinski definition) is 5. The van der Waals surface area contributed by atoms with Crippen molar-refractivity contribution in [2.75, 3.05) is 0 Å². The average Bonchev–Trinajstić information content (AvgIpc) is 2.55. The van der Waals surface area contributed by atoms with Gasteiger partial charge in [-0.1, -0.05) is 6.08 Å². The van der Waals surface area contributed by atoms with E-state index >= 15 is 0 Å². The molecule has 1 aliphatic heterocycles. The third-order valence-electron chi connectivity index (χ3n) is 2.04. The molecule has 0 N–H and O–H groups in total. The van der Waals surface area contributed by atoms with E-state index in [1.54, 1.807) is 12.3 Å². The minimum atomic E-state index is -0.560. The molecule has 2 rings (SSSR count). The monoisotopic (exact) mass is 309 g/mol. The van der Waals surface area contributed by atoms with E-state index in [-0.39, 0.29) is 5.82 Å². The summed E-state index contributed by atoms with van der Waals surface area (Å²) in [6.07, 6.45) is 7.23. The Hall–Kier alpha value is -2.02. The lowest BCUT2D eigenvalue weighted by Gasteiger charge is -2.02. The van der Waals surface area contributed by atoms with Crippen molar-refractivity contribution in [1.82, 2.24) is 4.98 Å². The number of rotatable bonds is 3. The van der Waals surface area contributed by atoms with E-state index in [0.717, 1.165) is 4.62 Å². The van der Waals surface area contributed by atoms with Crippen LogP contribution in [0.4, 0.5) is 5.82 Å². The fourth-order valence-corrected chi connectivity index (χ4v) is 1.53. The fraction of sp³-hybridized carbons (Fsp3) is 0.0909. The summed E-state index contributed by atoms with van der Waals surface area (Å²) in [6.45, 7) is 0. The number of allylic oxidation sites excluding steroid dienone is 2. The molecule has 1 aromatic heterocycles. The normalized spacial score (nSPS) is 14.5. The van der Waals surface area contributed by atoms with Gasteiger partial charge in [-0.15, -0.1) is 0 Å². The molecule has 1 aromatic rings. The van der Waals surface area contributed by atoms with Gasteiger partial charge in [-0.05, 0) is 38.0 Å². The molecular formula is C11H8BrN3O3. The van der Waals surface area contributed by atoms with Gasteiger partial charge in [0, 0.05) is 12.5 Å². The Labute approximate surface area is 111 Å². The van der Waals surface area contributed by atoms with Gasteiger partial charge in [0.1, 0.15) is 5.76 Å². The van der Waals surface area contributed by atoms with Crippen LogP contribution in [0.3, 0.4) is 0 Å². The van der Waals surface area contributed by atoms with Gasteiger partial charge in [-0.3, -0.25) is 0 Å². The number of hydrogen-bond donors (Lipinski definition) is 0. The van der Waals surface area contributed by atoms with Gasteiger partial charge in [0.15, 0.2) is 11.9 Å². The highest BCUT2D eigenvalue weighted by atomic mass is 79.9. The van der Waals surface area contributed by atoms with Gasteiger partial charge in [0.2, 0.25) is 0 Å². The number of aromatic nitrogens is 1. The molecule has 1 aliphatic rings. The first-order chi connectivity index (χ1) is 8.65. The first-order valence-corrected chi connectivity index (χ1v) is 5.81. The topological polar surface area (TPSA) is 77.6 Å². The molecule has 0 amide bonds. The van der Waals surface area contributed by atoms with E-state index in [4.69, 9.17) is 4.74 Å². The van der Waals surface area contributed by atoms with E-state index in [0.29, 0.717) is 17.9 Å². The van der Waals surface area contributed by atoms with Crippen molar-refractivity contribution in [2.24, 2.45) is 4.99 Å². The van der Waals surface area contributed by atoms with Crippen LogP contribution in [0.25, 0.3) is 0 Å². The van der Waals surface area contributed by atoms with Crippen LogP contribution in [-0.2, 0) is 0 Å². The Kier molecular flexibility index (Phi) is 3.83. The van der Waals surface area contributed by atoms with E-state index in [1.807, 2.05) is 6.08 Å². The molecule has 0 radical (unpaired) electrons. The first-order valence-electron chi connectivity index (χ1n) is 5.02. The molecule has 18 heavy (non-hydrogen) atoms. The fourth-order valence-electron chi connectivity index (χ4n) is 1.24. The van der Waals surface area contributed by atoms with Gasteiger partial charge in [0.05, 0.1) is 10.8 Å². The van der Waals surface area contributed by atoms with Gasteiger partial charge in [-0.2, -0.15) is 0 Å². The molecular weight excluding hydrogens is 302 g/mol. The molecule has 0 fully saturated rings. The van der Waals surface area contributed by atoms with Crippen LogP contribution in [0.1, 0.15) is 6.42 Å². The largest absolute Gasteiger partial charge is 0.452 e. The molecule has 0 saturated carbocycles. The van der Waals surface area contributed by atoms with Crippen LogP contribution >= 0.6 is 15.9 Å². The number of nitrogens with zero attached hydrogens (tertiary/aromatic N) is 3. The highest BCUT2D eigenvalue weighted by Gasteiger charge is 2.08. The third kappa shape index (κ3) is 3.24. The summed E-state index contributed by atoms with van der Waals surface area (Å²) < 4.78 is 6.28. The maximum atomic E-state index is 10.4. The van der Waals surface area contributed by atoms with E-state index in [2.05, 4.69) is 25.9 Å². The average molecular weight is 310 g/mol. The smallest absolute Gasteiger partial charge is 0.363 e. The lowest BCUT2D eigenvalue weighted by atomic mass is 10.4. The molecule has 0 aliphatic carbocycles. The summed E-state index contributed by atoms with van der Waals surface area (Å²) in [5.41, 5.74) is 0. The number of nitro groups is 1. The number of halogens is 1. The van der Waals surface area contributed by atoms with Crippen molar-refractivity contribution in [1.29, 1.82) is 0 Å². The predicted octanol–water partition coefficient (Wildman–Crippen LogP) is 2.96. The molecule has 0 atom stereocenters. The predicted molar refractivity (Wildman–Crippen MR) is 69.7 cm³/mol. The van der Waals surface area contributed by atoms with Crippen molar-refractivity contribution in [3.05, 3.63) is 52.6 Å². The summed E-state index contributed by atoms with van der Waals surface area (Å²) in [5.74, 6) is 0.748. The summed E-state index contributed by atoms with van der Waals surface area (Å²) in [7, 11) is 0. The lowest BCUT2D eigenvalue weighted by Crippen LogP contribution is -1.95. The Bertz CT molecular complexity index is 549. The molecule has 0 unspecified atom stereocenters. The van der Waals surface area contributed by atoms with Crippen LogP contribution in [0.2, 0.25) is 0 Å². The number of aliphatic imine (C=N–C) groups is 1. The van der Waals surface area contributed by atoms with Gasteiger partial charge in [-0.25, -0.2) is 4.99 Å². The lowest BCUT2D eigenvalue weighted by molar-refractivity contribution is -0.389. The van der Waals surface area contributed by atoms with Crippen molar-refractivity contribution in [3.63, 3.8) is 0 Å². The second kappa shape index (κ2) is 5.54. The summed E-state index contributed by atoms with van der Waals surface area (Å²) in [5, 5.41) is 10.4. The van der Waals surface area contributed by atoms with Gasteiger partial charge in [0.25, 0.3) is 0 Å². The van der Waals surface area contributed by atoms with Crippen molar-refractivity contribution < 1.29 is 9.66 Å². The third-order valence-corrected chi connectivity index (χ3v) is 2.57. The standard InChI is InChI=1S/C11H8BrN3O3/c12-10-3-1-2-8(6-13-10)18-9-4-5-11(14-7-9)15(16)17/h1-2,4-7H,3H2. The molecule has 6 nitrogen and oxygen atoms in total. The zero-order chi connectivity index (χ0) is 13.0. The maximum Gasteiger partial charge on any atom is 0.363 e. The SMILES string of the molecule is O=[N+]([O-])c1ccc(OC2=CN=C(Br)CC=C2)cn1. The molecule has 7 heteroatoms. The molecule has 0 saturated heterocycles. The van der Waals surface area contributed by atoms with Crippen molar-refractivity contribution >= 4 is 26.4 Å². The first kappa shape index (κ1) is 12.4. The maximum absolute atomic E-state index is 10.4. The Morgan fingerprint density at radius 2 is 2.28 bits per heavy atom. The molecule has 0 spiro atoms. The minimum Gasteiger partial charge on any atom is -0.452 e. The van der Waals surface area contributed by atoms with E-state index < -0.39 is 4.92 Å².